The number of ether oxygens (including phenoxy) is 1. The first-order chi connectivity index (χ1) is 32.2. The summed E-state index contributed by atoms with van der Waals surface area (Å²) in [4.78, 5) is 77.6. The highest BCUT2D eigenvalue weighted by Gasteiger charge is 2.27. The van der Waals surface area contributed by atoms with E-state index in [4.69, 9.17) is 8.83 Å². The predicted octanol–water partition coefficient (Wildman–Crippen LogP) is 6.08. The number of nitrogens with one attached hydrogen (secondary N) is 3. The van der Waals surface area contributed by atoms with Crippen LogP contribution < -0.4 is 16.0 Å². The van der Waals surface area contributed by atoms with Crippen molar-refractivity contribution in [2.45, 2.75) is 52.6 Å². The smallest absolute Gasteiger partial charge is 0.358 e. The van der Waals surface area contributed by atoms with E-state index in [2.05, 4.69) is 50.8 Å². The number of amides is 3. The fraction of sp³-hybridized carbons (Fsp3) is 0.222. The number of aryl methyl sites for hydroxylation is 2. The molecular formula is C45H41F2N11O9. The Balaban J connectivity index is 0.000000201. The molecule has 0 saturated heterocycles. The maximum absolute atomic E-state index is 13.3. The lowest BCUT2D eigenvalue weighted by atomic mass is 10.1. The molecule has 2 atom stereocenters. The van der Waals surface area contributed by atoms with Crippen LogP contribution in [0.15, 0.2) is 94.5 Å². The molecule has 2 unspecified atom stereocenters. The summed E-state index contributed by atoms with van der Waals surface area (Å²) < 4.78 is 45.3. The number of methoxy groups -OCH3 is 1. The van der Waals surface area contributed by atoms with Crippen molar-refractivity contribution in [2.24, 2.45) is 0 Å². The van der Waals surface area contributed by atoms with E-state index in [0.29, 0.717) is 46.0 Å². The number of esters is 1. The quantitative estimate of drug-likeness (QED) is 0.0902. The summed E-state index contributed by atoms with van der Waals surface area (Å²) in [6.45, 7) is 6.40. The van der Waals surface area contributed by atoms with E-state index in [0.717, 1.165) is 0 Å². The van der Waals surface area contributed by atoms with Crippen LogP contribution >= 0.6 is 0 Å². The molecule has 22 heteroatoms. The number of pyridine rings is 2. The molecule has 0 aliphatic rings. The maximum Gasteiger partial charge on any atom is 0.358 e. The predicted molar refractivity (Wildman–Crippen MR) is 232 cm³/mol. The monoisotopic (exact) mass is 917 g/mol. The molecular weight excluding hydrogens is 877 g/mol. The minimum atomic E-state index is -1.20. The average Bonchev–Trinajstić information content (AvgIpc) is 4.14. The van der Waals surface area contributed by atoms with Crippen molar-refractivity contribution in [3.63, 3.8) is 0 Å². The van der Waals surface area contributed by atoms with Gasteiger partial charge in [0.25, 0.3) is 17.7 Å². The van der Waals surface area contributed by atoms with Crippen molar-refractivity contribution in [1.29, 1.82) is 0 Å². The minimum absolute atomic E-state index is 0.00550. The van der Waals surface area contributed by atoms with Crippen molar-refractivity contribution in [1.82, 2.24) is 55.4 Å². The number of carboxylic acids is 1. The van der Waals surface area contributed by atoms with Gasteiger partial charge in [0.1, 0.15) is 41.8 Å². The van der Waals surface area contributed by atoms with Gasteiger partial charge in [-0.3, -0.25) is 29.1 Å². The Hall–Kier alpha value is -8.69. The minimum Gasteiger partial charge on any atom is -0.476 e. The van der Waals surface area contributed by atoms with E-state index in [9.17, 15) is 37.9 Å². The summed E-state index contributed by atoms with van der Waals surface area (Å²) in [5, 5.41) is 27.0. The Bertz CT molecular complexity index is 3120. The van der Waals surface area contributed by atoms with Crippen molar-refractivity contribution >= 4 is 51.5 Å². The first-order valence-corrected chi connectivity index (χ1v) is 20.5. The summed E-state index contributed by atoms with van der Waals surface area (Å²) in [6.07, 6.45) is 9.91. The SMILES string of the molecule is CCC(NC(=O)c1cncc2c1cnn2-c1ccc(F)cc1)c1nc(C(=O)NCC(=O)OC)c(C)o1.CCC(NC(=O)c1cncc2c1cnn2-c1ccc(F)cc1)c1nc(C(=O)O)c(C)o1. The summed E-state index contributed by atoms with van der Waals surface area (Å²) >= 11 is 0. The van der Waals surface area contributed by atoms with Crippen molar-refractivity contribution < 1.29 is 51.4 Å². The molecule has 0 aliphatic carbocycles. The van der Waals surface area contributed by atoms with Crippen LogP contribution in [0.4, 0.5) is 8.78 Å². The van der Waals surface area contributed by atoms with Gasteiger partial charge in [-0.2, -0.15) is 10.2 Å². The van der Waals surface area contributed by atoms with E-state index in [1.807, 2.05) is 13.8 Å². The van der Waals surface area contributed by atoms with Gasteiger partial charge >= 0.3 is 11.9 Å². The van der Waals surface area contributed by atoms with E-state index >= 15 is 0 Å². The molecule has 344 valence electrons. The third-order valence-electron chi connectivity index (χ3n) is 10.3. The van der Waals surface area contributed by atoms with Crippen LogP contribution in [0.25, 0.3) is 33.2 Å². The number of oxazole rings is 2. The fourth-order valence-electron chi connectivity index (χ4n) is 6.82. The number of hydrogen-bond acceptors (Lipinski definition) is 14. The van der Waals surface area contributed by atoms with Gasteiger partial charge in [-0.05, 0) is 75.2 Å². The van der Waals surface area contributed by atoms with Crippen LogP contribution in [0.5, 0.6) is 0 Å². The van der Waals surface area contributed by atoms with Crippen LogP contribution in [0, 0.1) is 25.5 Å². The molecule has 8 rings (SSSR count). The molecule has 0 bridgehead atoms. The summed E-state index contributed by atoms with van der Waals surface area (Å²) in [5.41, 5.74) is 2.76. The van der Waals surface area contributed by atoms with Gasteiger partial charge in [0.15, 0.2) is 11.4 Å². The highest BCUT2D eigenvalue weighted by molar-refractivity contribution is 6.07. The van der Waals surface area contributed by atoms with Gasteiger partial charge in [-0.1, -0.05) is 13.8 Å². The number of fused-ring (bicyclic) bond motifs is 2. The third-order valence-corrected chi connectivity index (χ3v) is 10.3. The molecule has 0 saturated carbocycles. The van der Waals surface area contributed by atoms with E-state index in [-0.39, 0.29) is 64.0 Å². The Morgan fingerprint density at radius 2 is 1.09 bits per heavy atom. The first-order valence-electron chi connectivity index (χ1n) is 20.5. The second-order valence-electron chi connectivity index (χ2n) is 14.7. The number of carbonyl (C=O) groups is 5. The van der Waals surface area contributed by atoms with Gasteiger partial charge in [0, 0.05) is 23.2 Å². The number of carbonyl (C=O) groups excluding carboxylic acids is 4. The summed E-state index contributed by atoms with van der Waals surface area (Å²) in [6, 6.07) is 10.3. The second-order valence-corrected chi connectivity index (χ2v) is 14.7. The third kappa shape index (κ3) is 10.0. The largest absolute Gasteiger partial charge is 0.476 e. The molecule has 0 spiro atoms. The molecule has 3 amide bonds. The number of hydrogen-bond donors (Lipinski definition) is 4. The zero-order valence-corrected chi connectivity index (χ0v) is 36.4. The van der Waals surface area contributed by atoms with Crippen molar-refractivity contribution in [3.8, 4) is 11.4 Å². The number of carboxylic acid groups (broad SMARTS) is 1. The standard InChI is InChI=1S/C24H23FN6O5.C21H18FN5O4/c1-4-18(24-30-21(13(2)36-24)23(34)27-12-20(32)35-3)29-22(33)17-9-26-11-19-16(17)10-28-31(19)15-7-5-14(25)6-8-15;1-3-16(20-26-18(21(29)30)11(2)31-20)25-19(28)15-8-23-10-17-14(15)9-24-27(17)13-6-4-12(22)5-7-13/h5-11,18H,4,12H2,1-3H3,(H,27,34)(H,29,33);4-10,16H,3H2,1-2H3,(H,25,28)(H,29,30). The highest BCUT2D eigenvalue weighted by atomic mass is 19.1. The lowest BCUT2D eigenvalue weighted by molar-refractivity contribution is -0.139. The summed E-state index contributed by atoms with van der Waals surface area (Å²) in [7, 11) is 1.21. The second kappa shape index (κ2) is 20.0. The van der Waals surface area contributed by atoms with Gasteiger partial charge in [0.05, 0.1) is 65.4 Å². The van der Waals surface area contributed by atoms with Crippen LogP contribution in [-0.4, -0.2) is 87.9 Å². The van der Waals surface area contributed by atoms with Crippen molar-refractivity contribution in [3.05, 3.63) is 143 Å². The maximum atomic E-state index is 13.3. The molecule has 4 N–H and O–H groups in total. The van der Waals surface area contributed by atoms with Crippen LogP contribution in [0.2, 0.25) is 0 Å². The zero-order valence-electron chi connectivity index (χ0n) is 36.4. The molecule has 8 aromatic rings. The lowest BCUT2D eigenvalue weighted by Crippen LogP contribution is -2.31. The Labute approximate surface area is 378 Å². The van der Waals surface area contributed by atoms with Gasteiger partial charge in [0.2, 0.25) is 11.8 Å². The van der Waals surface area contributed by atoms with Gasteiger partial charge < -0.3 is 34.6 Å². The number of aromatic carboxylic acids is 1. The molecule has 0 fully saturated rings. The Kier molecular flexibility index (Phi) is 13.8. The molecule has 0 radical (unpaired) electrons. The normalized spacial score (nSPS) is 11.9. The molecule has 67 heavy (non-hydrogen) atoms. The number of aromatic nitrogens is 8. The highest BCUT2D eigenvalue weighted by Crippen LogP contribution is 2.26. The van der Waals surface area contributed by atoms with Crippen molar-refractivity contribution in [2.75, 3.05) is 13.7 Å². The molecule has 20 nitrogen and oxygen atoms in total. The van der Waals surface area contributed by atoms with Gasteiger partial charge in [-0.25, -0.2) is 32.9 Å². The topological polar surface area (TPSA) is 264 Å². The number of halogens is 2. The van der Waals surface area contributed by atoms with E-state index in [1.54, 1.807) is 52.9 Å². The van der Waals surface area contributed by atoms with Crippen LogP contribution in [-0.2, 0) is 9.53 Å². The Morgan fingerprint density at radius 1 is 0.657 bits per heavy atom. The van der Waals surface area contributed by atoms with E-state index < -0.39 is 41.7 Å². The molecule has 6 aromatic heterocycles. The lowest BCUT2D eigenvalue weighted by Gasteiger charge is -2.14. The number of benzene rings is 2. The number of rotatable bonds is 14. The Morgan fingerprint density at radius 3 is 1.49 bits per heavy atom. The molecule has 0 aliphatic heterocycles. The molecule has 6 heterocycles. The fourth-order valence-corrected chi connectivity index (χ4v) is 6.82. The molecule has 2 aromatic carbocycles. The first kappa shape index (κ1) is 46.3. The van der Waals surface area contributed by atoms with Gasteiger partial charge in [-0.15, -0.1) is 0 Å². The zero-order chi connectivity index (χ0) is 47.9. The van der Waals surface area contributed by atoms with E-state index in [1.165, 1.54) is 63.1 Å². The average molecular weight is 918 g/mol. The van der Waals surface area contributed by atoms with Crippen LogP contribution in [0.3, 0.4) is 0 Å². The summed E-state index contributed by atoms with van der Waals surface area (Å²) in [5.74, 6) is -3.34. The number of nitrogens with zero attached hydrogens (tertiary/aromatic N) is 8. The van der Waals surface area contributed by atoms with Crippen LogP contribution in [0.1, 0.15) is 104 Å².